The lowest BCUT2D eigenvalue weighted by Gasteiger charge is -2.15. The van der Waals surface area contributed by atoms with E-state index in [-0.39, 0.29) is 5.91 Å². The van der Waals surface area contributed by atoms with Crippen LogP contribution in [0.2, 0.25) is 0 Å². The van der Waals surface area contributed by atoms with E-state index in [4.69, 9.17) is 9.47 Å². The van der Waals surface area contributed by atoms with Crippen LogP contribution in [0.4, 0.5) is 0 Å². The summed E-state index contributed by atoms with van der Waals surface area (Å²) < 4.78 is 12.3. The van der Waals surface area contributed by atoms with E-state index in [9.17, 15) is 9.90 Å². The Labute approximate surface area is 135 Å². The summed E-state index contributed by atoms with van der Waals surface area (Å²) in [6.45, 7) is 0.340. The van der Waals surface area contributed by atoms with Gasteiger partial charge in [0.05, 0.1) is 20.3 Å². The first-order valence-corrected chi connectivity index (χ1v) is 7.37. The van der Waals surface area contributed by atoms with Gasteiger partial charge in [0, 0.05) is 25.5 Å². The van der Waals surface area contributed by atoms with Gasteiger partial charge in [-0.25, -0.2) is 0 Å². The number of benzene rings is 1. The highest BCUT2D eigenvalue weighted by atomic mass is 16.5. The number of aliphatic hydroxyl groups is 1. The molecule has 0 bridgehead atoms. The molecule has 0 aliphatic rings. The summed E-state index contributed by atoms with van der Waals surface area (Å²) >= 11 is 0. The molecule has 1 unspecified atom stereocenters. The van der Waals surface area contributed by atoms with Crippen molar-refractivity contribution in [2.75, 3.05) is 20.8 Å². The molecule has 0 radical (unpaired) electrons. The quantitative estimate of drug-likeness (QED) is 0.818. The van der Waals surface area contributed by atoms with Crippen LogP contribution in [-0.4, -0.2) is 36.3 Å². The maximum atomic E-state index is 12.4. The zero-order valence-corrected chi connectivity index (χ0v) is 13.6. The molecule has 2 aromatic rings. The molecule has 0 fully saturated rings. The standard InChI is InChI=1S/C17H22N2O4/c1-19-11-5-6-12(19)13(20)9-10-18-17(21)16-14(22-2)7-4-8-15(16)23-3/h4-8,11,13,20H,9-10H2,1-3H3,(H,18,21). The van der Waals surface area contributed by atoms with Crippen molar-refractivity contribution in [3.05, 3.63) is 47.8 Å². The number of hydrogen-bond donors (Lipinski definition) is 2. The van der Waals surface area contributed by atoms with Crippen molar-refractivity contribution in [3.8, 4) is 11.5 Å². The van der Waals surface area contributed by atoms with Crippen LogP contribution in [0.1, 0.15) is 28.6 Å². The second-order valence-corrected chi connectivity index (χ2v) is 5.14. The van der Waals surface area contributed by atoms with Crippen molar-refractivity contribution in [3.63, 3.8) is 0 Å². The van der Waals surface area contributed by atoms with Gasteiger partial charge in [0.2, 0.25) is 0 Å². The Morgan fingerprint density at radius 1 is 1.22 bits per heavy atom. The summed E-state index contributed by atoms with van der Waals surface area (Å²) in [6, 6.07) is 8.90. The Morgan fingerprint density at radius 2 is 1.87 bits per heavy atom. The van der Waals surface area contributed by atoms with Crippen LogP contribution in [-0.2, 0) is 7.05 Å². The van der Waals surface area contributed by atoms with E-state index in [2.05, 4.69) is 5.32 Å². The minimum atomic E-state index is -0.630. The Kier molecular flexibility index (Phi) is 5.65. The molecule has 0 aliphatic carbocycles. The topological polar surface area (TPSA) is 72.7 Å². The predicted octanol–water partition coefficient (Wildman–Crippen LogP) is 1.90. The molecule has 1 atom stereocenters. The van der Waals surface area contributed by atoms with Crippen LogP contribution in [0.3, 0.4) is 0 Å². The van der Waals surface area contributed by atoms with Gasteiger partial charge < -0.3 is 24.5 Å². The van der Waals surface area contributed by atoms with Gasteiger partial charge in [0.1, 0.15) is 17.1 Å². The van der Waals surface area contributed by atoms with E-state index < -0.39 is 6.10 Å². The monoisotopic (exact) mass is 318 g/mol. The Morgan fingerprint density at radius 3 is 2.39 bits per heavy atom. The van der Waals surface area contributed by atoms with Crippen LogP contribution >= 0.6 is 0 Å². The highest BCUT2D eigenvalue weighted by molar-refractivity contribution is 5.99. The molecular formula is C17H22N2O4. The van der Waals surface area contributed by atoms with Gasteiger partial charge in [-0.2, -0.15) is 0 Å². The lowest BCUT2D eigenvalue weighted by Crippen LogP contribution is -2.26. The SMILES string of the molecule is COc1cccc(OC)c1C(=O)NCCC(O)c1cccn1C. The van der Waals surface area contributed by atoms with Crippen molar-refractivity contribution >= 4 is 5.91 Å². The molecule has 1 aromatic heterocycles. The zero-order chi connectivity index (χ0) is 16.8. The number of amides is 1. The molecule has 6 heteroatoms. The van der Waals surface area contributed by atoms with E-state index in [0.717, 1.165) is 5.69 Å². The second kappa shape index (κ2) is 7.69. The molecule has 0 aliphatic heterocycles. The number of aryl methyl sites for hydroxylation is 1. The minimum absolute atomic E-state index is 0.293. The Hall–Kier alpha value is -2.47. The van der Waals surface area contributed by atoms with Crippen LogP contribution < -0.4 is 14.8 Å². The van der Waals surface area contributed by atoms with Crippen molar-refractivity contribution in [1.82, 2.24) is 9.88 Å². The molecule has 23 heavy (non-hydrogen) atoms. The molecule has 1 amide bonds. The number of carbonyl (C=O) groups is 1. The first-order valence-electron chi connectivity index (χ1n) is 7.37. The summed E-state index contributed by atoms with van der Waals surface area (Å²) in [6.07, 6.45) is 1.66. The number of hydrogen-bond acceptors (Lipinski definition) is 4. The summed E-state index contributed by atoms with van der Waals surface area (Å²) in [5.41, 5.74) is 1.17. The van der Waals surface area contributed by atoms with Gasteiger partial charge in [-0.15, -0.1) is 0 Å². The first-order chi connectivity index (χ1) is 11.1. The van der Waals surface area contributed by atoms with E-state index >= 15 is 0 Å². The minimum Gasteiger partial charge on any atom is -0.496 e. The van der Waals surface area contributed by atoms with Gasteiger partial charge in [-0.1, -0.05) is 6.07 Å². The van der Waals surface area contributed by atoms with Crippen LogP contribution in [0.15, 0.2) is 36.5 Å². The van der Waals surface area contributed by atoms with Crippen LogP contribution in [0.5, 0.6) is 11.5 Å². The molecule has 0 saturated carbocycles. The average Bonchev–Trinajstić information content (AvgIpc) is 2.99. The molecule has 2 rings (SSSR count). The largest absolute Gasteiger partial charge is 0.496 e. The number of nitrogens with zero attached hydrogens (tertiary/aromatic N) is 1. The molecule has 0 spiro atoms. The van der Waals surface area contributed by atoms with Gasteiger partial charge in [-0.3, -0.25) is 4.79 Å². The molecule has 0 saturated heterocycles. The second-order valence-electron chi connectivity index (χ2n) is 5.14. The Bertz CT molecular complexity index is 644. The van der Waals surface area contributed by atoms with Gasteiger partial charge in [0.25, 0.3) is 5.91 Å². The van der Waals surface area contributed by atoms with Gasteiger partial charge >= 0.3 is 0 Å². The smallest absolute Gasteiger partial charge is 0.258 e. The van der Waals surface area contributed by atoms with E-state index in [1.807, 2.05) is 29.9 Å². The fourth-order valence-corrected chi connectivity index (χ4v) is 2.45. The molecule has 2 N–H and O–H groups in total. The van der Waals surface area contributed by atoms with E-state index in [1.54, 1.807) is 18.2 Å². The van der Waals surface area contributed by atoms with Crippen molar-refractivity contribution < 1.29 is 19.4 Å². The third kappa shape index (κ3) is 3.84. The van der Waals surface area contributed by atoms with Crippen molar-refractivity contribution in [2.45, 2.75) is 12.5 Å². The number of nitrogens with one attached hydrogen (secondary N) is 1. The van der Waals surface area contributed by atoms with Crippen molar-refractivity contribution in [2.24, 2.45) is 7.05 Å². The molecule has 6 nitrogen and oxygen atoms in total. The lowest BCUT2D eigenvalue weighted by atomic mass is 10.1. The summed E-state index contributed by atoms with van der Waals surface area (Å²) in [4.78, 5) is 12.4. The number of aromatic nitrogens is 1. The number of methoxy groups -OCH3 is 2. The van der Waals surface area contributed by atoms with E-state index in [1.165, 1.54) is 14.2 Å². The number of rotatable bonds is 7. The molecule has 1 aromatic carbocycles. The highest BCUT2D eigenvalue weighted by Gasteiger charge is 2.18. The lowest BCUT2D eigenvalue weighted by molar-refractivity contribution is 0.0935. The van der Waals surface area contributed by atoms with Crippen LogP contribution in [0.25, 0.3) is 0 Å². The maximum Gasteiger partial charge on any atom is 0.258 e. The Balaban J connectivity index is 1.99. The fraction of sp³-hybridized carbons (Fsp3) is 0.353. The number of aliphatic hydroxyl groups excluding tert-OH is 1. The average molecular weight is 318 g/mol. The summed E-state index contributed by atoms with van der Waals surface area (Å²) in [7, 11) is 4.88. The third-order valence-corrected chi connectivity index (χ3v) is 3.68. The molecule has 124 valence electrons. The third-order valence-electron chi connectivity index (χ3n) is 3.68. The predicted molar refractivity (Wildman–Crippen MR) is 86.9 cm³/mol. The van der Waals surface area contributed by atoms with Crippen molar-refractivity contribution in [1.29, 1.82) is 0 Å². The fourth-order valence-electron chi connectivity index (χ4n) is 2.45. The van der Waals surface area contributed by atoms with Gasteiger partial charge in [0.15, 0.2) is 0 Å². The summed E-state index contributed by atoms with van der Waals surface area (Å²) in [5, 5.41) is 12.9. The van der Waals surface area contributed by atoms with Gasteiger partial charge in [-0.05, 0) is 30.7 Å². The summed E-state index contributed by atoms with van der Waals surface area (Å²) in [5.74, 6) is 0.605. The maximum absolute atomic E-state index is 12.4. The normalized spacial score (nSPS) is 11.8. The highest BCUT2D eigenvalue weighted by Crippen LogP contribution is 2.28. The molecular weight excluding hydrogens is 296 g/mol. The molecule has 1 heterocycles. The zero-order valence-electron chi connectivity index (χ0n) is 13.6. The van der Waals surface area contributed by atoms with Crippen LogP contribution in [0, 0.1) is 0 Å². The number of carbonyl (C=O) groups excluding carboxylic acids is 1. The van der Waals surface area contributed by atoms with E-state index in [0.29, 0.717) is 30.0 Å². The first kappa shape index (κ1) is 16.9. The number of ether oxygens (including phenoxy) is 2.